The van der Waals surface area contributed by atoms with Crippen molar-refractivity contribution in [2.75, 3.05) is 64.9 Å². The van der Waals surface area contributed by atoms with Gasteiger partial charge < -0.3 is 24.7 Å². The lowest BCUT2D eigenvalue weighted by atomic mass is 10.1. The van der Waals surface area contributed by atoms with E-state index in [2.05, 4.69) is 19.9 Å². The molecule has 1 fully saturated rings. The van der Waals surface area contributed by atoms with Gasteiger partial charge in [0.2, 0.25) is 5.75 Å². The molecule has 1 aromatic heterocycles. The van der Waals surface area contributed by atoms with E-state index in [4.69, 9.17) is 24.7 Å². The summed E-state index contributed by atoms with van der Waals surface area (Å²) in [6.07, 6.45) is 1.95. The van der Waals surface area contributed by atoms with Crippen LogP contribution in [-0.4, -0.2) is 80.8 Å². The molecule has 3 heterocycles. The zero-order valence-corrected chi connectivity index (χ0v) is 21.9. The van der Waals surface area contributed by atoms with Crippen LogP contribution in [0.5, 0.6) is 17.2 Å². The number of halogens is 1. The fourth-order valence-corrected chi connectivity index (χ4v) is 4.63. The molecule has 1 saturated heterocycles. The standard InChI is InChI=1S/C27H29FN6O5/c1-36-21-11-16(12-22(37-2)24(21)38-3)10-17-14-30-27(32-25(17)29)31-23-19-13-18(28)4-5-20(19)34(26(23)35)15-33-6-8-39-9-7-33/h4-5,11-14H,6-10,15H2,1-3H3,(H2,29,30,32)/b31-23-. The molecule has 0 bridgehead atoms. The third-order valence-electron chi connectivity index (χ3n) is 6.61. The van der Waals surface area contributed by atoms with Gasteiger partial charge in [0.25, 0.3) is 11.9 Å². The zero-order chi connectivity index (χ0) is 27.5. The van der Waals surface area contributed by atoms with Gasteiger partial charge in [-0.3, -0.25) is 14.6 Å². The van der Waals surface area contributed by atoms with Gasteiger partial charge in [0.05, 0.1) is 46.9 Å². The minimum absolute atomic E-state index is 0.00734. The Morgan fingerprint density at radius 3 is 2.44 bits per heavy atom. The van der Waals surface area contributed by atoms with Crippen LogP contribution in [0.1, 0.15) is 16.7 Å². The summed E-state index contributed by atoms with van der Waals surface area (Å²) in [5.74, 6) is 0.901. The Labute approximate surface area is 225 Å². The number of methoxy groups -OCH3 is 3. The molecule has 204 valence electrons. The molecule has 0 aliphatic carbocycles. The first-order valence-electron chi connectivity index (χ1n) is 12.3. The van der Waals surface area contributed by atoms with E-state index >= 15 is 0 Å². The van der Waals surface area contributed by atoms with Crippen LogP contribution in [0.2, 0.25) is 0 Å². The van der Waals surface area contributed by atoms with Crippen LogP contribution < -0.4 is 24.8 Å². The molecule has 39 heavy (non-hydrogen) atoms. The highest BCUT2D eigenvalue weighted by Gasteiger charge is 2.36. The van der Waals surface area contributed by atoms with Crippen LogP contribution in [0, 0.1) is 5.82 Å². The predicted octanol–water partition coefficient (Wildman–Crippen LogP) is 2.57. The Hall–Kier alpha value is -4.29. The lowest BCUT2D eigenvalue weighted by Gasteiger charge is -2.30. The maximum absolute atomic E-state index is 14.2. The van der Waals surface area contributed by atoms with Gasteiger partial charge in [-0.1, -0.05) is 0 Å². The van der Waals surface area contributed by atoms with Gasteiger partial charge in [0.15, 0.2) is 11.5 Å². The molecule has 12 heteroatoms. The third kappa shape index (κ3) is 5.33. The van der Waals surface area contributed by atoms with E-state index in [-0.39, 0.29) is 23.4 Å². The van der Waals surface area contributed by atoms with Crippen LogP contribution in [-0.2, 0) is 16.0 Å². The van der Waals surface area contributed by atoms with Crippen molar-refractivity contribution in [2.45, 2.75) is 6.42 Å². The Balaban J connectivity index is 1.42. The topological polar surface area (TPSA) is 125 Å². The molecule has 0 unspecified atom stereocenters. The van der Waals surface area contributed by atoms with E-state index in [9.17, 15) is 9.18 Å². The van der Waals surface area contributed by atoms with Crippen molar-refractivity contribution in [3.05, 3.63) is 59.0 Å². The summed E-state index contributed by atoms with van der Waals surface area (Å²) in [5, 5.41) is 0. The number of aliphatic imine (C=N–C) groups is 1. The van der Waals surface area contributed by atoms with E-state index in [1.165, 1.54) is 19.2 Å². The van der Waals surface area contributed by atoms with Crippen LogP contribution >= 0.6 is 0 Å². The molecular weight excluding hydrogens is 507 g/mol. The summed E-state index contributed by atoms with van der Waals surface area (Å²) in [6.45, 7) is 2.92. The minimum Gasteiger partial charge on any atom is -0.493 e. The van der Waals surface area contributed by atoms with Gasteiger partial charge >= 0.3 is 0 Å². The number of nitrogens with two attached hydrogens (primary N) is 1. The minimum atomic E-state index is -0.469. The van der Waals surface area contributed by atoms with E-state index in [1.54, 1.807) is 31.4 Å². The number of carbonyl (C=O) groups is 1. The fourth-order valence-electron chi connectivity index (χ4n) is 4.63. The number of fused-ring (bicyclic) bond motifs is 1. The summed E-state index contributed by atoms with van der Waals surface area (Å²) in [4.78, 5) is 30.2. The molecule has 0 atom stereocenters. The average molecular weight is 537 g/mol. The summed E-state index contributed by atoms with van der Waals surface area (Å²) in [7, 11) is 4.63. The van der Waals surface area contributed by atoms with Crippen LogP contribution in [0.4, 0.5) is 21.8 Å². The molecule has 5 rings (SSSR count). The molecule has 0 spiro atoms. The number of nitrogen functional groups attached to an aromatic ring is 1. The van der Waals surface area contributed by atoms with Gasteiger partial charge in [-0.05, 0) is 35.9 Å². The van der Waals surface area contributed by atoms with Crippen molar-refractivity contribution in [2.24, 2.45) is 4.99 Å². The maximum atomic E-state index is 14.2. The molecule has 2 N–H and O–H groups in total. The largest absolute Gasteiger partial charge is 0.493 e. The lowest BCUT2D eigenvalue weighted by Crippen LogP contribution is -2.45. The van der Waals surface area contributed by atoms with Crippen LogP contribution in [0.3, 0.4) is 0 Å². The van der Waals surface area contributed by atoms with Crippen molar-refractivity contribution in [3.8, 4) is 17.2 Å². The second kappa shape index (κ2) is 11.2. The number of hydrogen-bond acceptors (Lipinski definition) is 10. The molecule has 0 radical (unpaired) electrons. The molecule has 11 nitrogen and oxygen atoms in total. The quantitative estimate of drug-likeness (QED) is 0.462. The van der Waals surface area contributed by atoms with Gasteiger partial charge in [-0.15, -0.1) is 0 Å². The first-order valence-corrected chi connectivity index (χ1v) is 12.3. The number of morpholine rings is 1. The van der Waals surface area contributed by atoms with Crippen molar-refractivity contribution in [1.82, 2.24) is 14.9 Å². The molecule has 1 amide bonds. The molecule has 2 aliphatic heterocycles. The Bertz CT molecular complexity index is 1400. The second-order valence-electron chi connectivity index (χ2n) is 9.02. The van der Waals surface area contributed by atoms with E-state index in [0.717, 1.165) is 5.56 Å². The van der Waals surface area contributed by atoms with E-state index in [1.807, 2.05) is 12.1 Å². The first kappa shape index (κ1) is 26.3. The number of amides is 1. The first-order chi connectivity index (χ1) is 18.9. The predicted molar refractivity (Wildman–Crippen MR) is 143 cm³/mol. The van der Waals surface area contributed by atoms with E-state index < -0.39 is 5.82 Å². The van der Waals surface area contributed by atoms with Crippen molar-refractivity contribution in [1.29, 1.82) is 0 Å². The summed E-state index contributed by atoms with van der Waals surface area (Å²) >= 11 is 0. The van der Waals surface area contributed by atoms with Gasteiger partial charge in [-0.2, -0.15) is 4.98 Å². The smallest absolute Gasteiger partial charge is 0.278 e. The number of carbonyl (C=O) groups excluding carboxylic acids is 1. The molecule has 3 aromatic rings. The number of hydrogen-bond donors (Lipinski definition) is 1. The highest BCUT2D eigenvalue weighted by Crippen LogP contribution is 2.39. The van der Waals surface area contributed by atoms with Gasteiger partial charge in [0.1, 0.15) is 17.3 Å². The molecular formula is C27H29FN6O5. The van der Waals surface area contributed by atoms with Crippen molar-refractivity contribution >= 4 is 29.1 Å². The van der Waals surface area contributed by atoms with Crippen LogP contribution in [0.25, 0.3) is 0 Å². The van der Waals surface area contributed by atoms with Gasteiger partial charge in [0, 0.05) is 36.8 Å². The molecule has 2 aromatic carbocycles. The Morgan fingerprint density at radius 1 is 1.08 bits per heavy atom. The second-order valence-corrected chi connectivity index (χ2v) is 9.02. The Morgan fingerprint density at radius 2 is 1.79 bits per heavy atom. The normalized spacial score (nSPS) is 16.5. The number of aromatic nitrogens is 2. The average Bonchev–Trinajstić information content (AvgIpc) is 3.19. The monoisotopic (exact) mass is 536 g/mol. The fraction of sp³-hybridized carbons (Fsp3) is 0.333. The summed E-state index contributed by atoms with van der Waals surface area (Å²) in [5.41, 5.74) is 8.78. The van der Waals surface area contributed by atoms with Crippen molar-refractivity contribution in [3.63, 3.8) is 0 Å². The number of rotatable bonds is 8. The zero-order valence-electron chi connectivity index (χ0n) is 21.9. The lowest BCUT2D eigenvalue weighted by molar-refractivity contribution is -0.112. The molecule has 0 saturated carbocycles. The maximum Gasteiger partial charge on any atom is 0.278 e. The SMILES string of the molecule is COc1cc(Cc2cnc(/N=C3\C(=O)N(CN4CCOCC4)c4ccc(F)cc43)nc2N)cc(OC)c1OC. The van der Waals surface area contributed by atoms with Gasteiger partial charge in [-0.25, -0.2) is 14.4 Å². The number of ether oxygens (including phenoxy) is 4. The highest BCUT2D eigenvalue weighted by molar-refractivity contribution is 6.54. The van der Waals surface area contributed by atoms with Crippen molar-refractivity contribution < 1.29 is 28.1 Å². The van der Waals surface area contributed by atoms with Crippen LogP contribution in [0.15, 0.2) is 41.5 Å². The number of anilines is 2. The molecule has 2 aliphatic rings. The number of benzene rings is 2. The highest BCUT2D eigenvalue weighted by atomic mass is 19.1. The summed E-state index contributed by atoms with van der Waals surface area (Å²) < 4.78 is 35.8. The Kier molecular flexibility index (Phi) is 7.57. The number of nitrogens with zero attached hydrogens (tertiary/aromatic N) is 5. The van der Waals surface area contributed by atoms with E-state index in [0.29, 0.717) is 73.5 Å². The third-order valence-corrected chi connectivity index (χ3v) is 6.61. The summed E-state index contributed by atoms with van der Waals surface area (Å²) in [6, 6.07) is 7.85.